The first-order chi connectivity index (χ1) is 14.2. The molecule has 2 aromatic rings. The number of rotatable bonds is 10. The van der Waals surface area contributed by atoms with Crippen LogP contribution >= 0.6 is 24.0 Å². The number of carbonyl (C=O) groups excluding carboxylic acids is 1. The molecule has 2 aromatic carbocycles. The molecular formula is C24H33IN4O. The first-order valence-corrected chi connectivity index (χ1v) is 10.6. The van der Waals surface area contributed by atoms with Gasteiger partial charge in [0.2, 0.25) is 5.91 Å². The zero-order valence-electron chi connectivity index (χ0n) is 17.6. The van der Waals surface area contributed by atoms with E-state index in [1.807, 2.05) is 0 Å². The smallest absolute Gasteiger partial charge is 0.220 e. The zero-order chi connectivity index (χ0) is 20.3. The van der Waals surface area contributed by atoms with E-state index in [1.54, 1.807) is 7.05 Å². The van der Waals surface area contributed by atoms with E-state index in [2.05, 4.69) is 81.6 Å². The molecule has 0 saturated heterocycles. The maximum Gasteiger partial charge on any atom is 0.220 e. The van der Waals surface area contributed by atoms with E-state index in [0.29, 0.717) is 18.4 Å². The molecule has 1 aliphatic rings. The van der Waals surface area contributed by atoms with Crippen molar-refractivity contribution in [2.24, 2.45) is 4.99 Å². The molecule has 1 atom stereocenters. The minimum Gasteiger partial charge on any atom is -0.356 e. The van der Waals surface area contributed by atoms with E-state index < -0.39 is 0 Å². The first kappa shape index (κ1) is 24.2. The maximum absolute atomic E-state index is 11.8. The van der Waals surface area contributed by atoms with Crippen molar-refractivity contribution >= 4 is 35.8 Å². The first-order valence-electron chi connectivity index (χ1n) is 10.6. The van der Waals surface area contributed by atoms with Gasteiger partial charge in [0, 0.05) is 38.5 Å². The second kappa shape index (κ2) is 13.3. The Morgan fingerprint density at radius 1 is 1.03 bits per heavy atom. The Kier molecular flexibility index (Phi) is 10.7. The maximum atomic E-state index is 11.8. The fourth-order valence-corrected chi connectivity index (χ4v) is 3.36. The van der Waals surface area contributed by atoms with E-state index in [1.165, 1.54) is 11.1 Å². The fourth-order valence-electron chi connectivity index (χ4n) is 3.36. The standard InChI is InChI=1S/C24H32N4O.HI/c1-25-24(26-16-8-13-23(29)28-22-14-15-22)27-18-21(20-11-6-3-7-12-20)17-19-9-4-2-5-10-19;/h2-7,9-12,21-22H,8,13-18H2,1H3,(H,28,29)(H2,25,26,27);1H. The van der Waals surface area contributed by atoms with Crippen LogP contribution in [0.2, 0.25) is 0 Å². The highest BCUT2D eigenvalue weighted by Gasteiger charge is 2.22. The van der Waals surface area contributed by atoms with Crippen molar-refractivity contribution in [2.75, 3.05) is 20.1 Å². The second-order valence-electron chi connectivity index (χ2n) is 7.62. The minimum absolute atomic E-state index is 0. The number of benzene rings is 2. The summed E-state index contributed by atoms with van der Waals surface area (Å²) in [7, 11) is 1.78. The Hall–Kier alpha value is -2.09. The topological polar surface area (TPSA) is 65.5 Å². The van der Waals surface area contributed by atoms with Crippen molar-refractivity contribution in [2.45, 2.75) is 44.1 Å². The summed E-state index contributed by atoms with van der Waals surface area (Å²) < 4.78 is 0. The zero-order valence-corrected chi connectivity index (χ0v) is 20.0. The highest BCUT2D eigenvalue weighted by Crippen LogP contribution is 2.20. The van der Waals surface area contributed by atoms with Gasteiger partial charge in [0.25, 0.3) is 0 Å². The van der Waals surface area contributed by atoms with Gasteiger partial charge < -0.3 is 16.0 Å². The molecule has 1 fully saturated rings. The Labute approximate surface area is 197 Å². The van der Waals surface area contributed by atoms with Crippen molar-refractivity contribution in [3.8, 4) is 0 Å². The number of hydrogen-bond acceptors (Lipinski definition) is 2. The van der Waals surface area contributed by atoms with Crippen LogP contribution in [0.25, 0.3) is 0 Å². The fraction of sp³-hybridized carbons (Fsp3) is 0.417. The molecule has 0 spiro atoms. The normalized spacial score (nSPS) is 14.4. The van der Waals surface area contributed by atoms with Gasteiger partial charge in [-0.25, -0.2) is 0 Å². The predicted molar refractivity (Wildman–Crippen MR) is 135 cm³/mol. The third kappa shape index (κ3) is 8.73. The van der Waals surface area contributed by atoms with Gasteiger partial charge in [-0.1, -0.05) is 60.7 Å². The summed E-state index contributed by atoms with van der Waals surface area (Å²) >= 11 is 0. The summed E-state index contributed by atoms with van der Waals surface area (Å²) in [6, 6.07) is 21.6. The van der Waals surface area contributed by atoms with Crippen LogP contribution < -0.4 is 16.0 Å². The van der Waals surface area contributed by atoms with Gasteiger partial charge in [-0.3, -0.25) is 9.79 Å². The summed E-state index contributed by atoms with van der Waals surface area (Å²) in [6.07, 6.45) is 4.58. The Bertz CT molecular complexity index is 778. The number of guanidine groups is 1. The largest absolute Gasteiger partial charge is 0.356 e. The summed E-state index contributed by atoms with van der Waals surface area (Å²) in [4.78, 5) is 16.1. The third-order valence-electron chi connectivity index (χ3n) is 5.15. The summed E-state index contributed by atoms with van der Waals surface area (Å²) in [5.41, 5.74) is 2.64. The average Bonchev–Trinajstić information content (AvgIpc) is 3.57. The van der Waals surface area contributed by atoms with E-state index in [9.17, 15) is 4.79 Å². The van der Waals surface area contributed by atoms with Crippen LogP contribution in [0.4, 0.5) is 0 Å². The molecule has 0 heterocycles. The van der Waals surface area contributed by atoms with Gasteiger partial charge in [-0.15, -0.1) is 24.0 Å². The van der Waals surface area contributed by atoms with Gasteiger partial charge >= 0.3 is 0 Å². The number of aliphatic imine (C=N–C) groups is 1. The lowest BCUT2D eigenvalue weighted by molar-refractivity contribution is -0.121. The van der Waals surface area contributed by atoms with Crippen molar-refractivity contribution in [1.29, 1.82) is 0 Å². The summed E-state index contributed by atoms with van der Waals surface area (Å²) in [6.45, 7) is 1.52. The molecule has 0 radical (unpaired) electrons. The third-order valence-corrected chi connectivity index (χ3v) is 5.15. The van der Waals surface area contributed by atoms with Crippen LogP contribution in [0, 0.1) is 0 Å². The van der Waals surface area contributed by atoms with Gasteiger partial charge in [-0.2, -0.15) is 0 Å². The Balaban J connectivity index is 0.00000320. The SMILES string of the molecule is CN=C(NCCCC(=O)NC1CC1)NCC(Cc1ccccc1)c1ccccc1.I. The van der Waals surface area contributed by atoms with Crippen LogP contribution in [-0.4, -0.2) is 38.0 Å². The molecule has 5 nitrogen and oxygen atoms in total. The van der Waals surface area contributed by atoms with E-state index in [0.717, 1.165) is 44.7 Å². The molecule has 1 saturated carbocycles. The van der Waals surface area contributed by atoms with E-state index in [4.69, 9.17) is 0 Å². The molecule has 0 bridgehead atoms. The lowest BCUT2D eigenvalue weighted by atomic mass is 9.92. The van der Waals surface area contributed by atoms with Crippen LogP contribution in [0.5, 0.6) is 0 Å². The number of halogens is 1. The van der Waals surface area contributed by atoms with Gasteiger partial charge in [-0.05, 0) is 36.8 Å². The molecule has 0 aliphatic heterocycles. The number of amides is 1. The molecule has 0 aromatic heterocycles. The highest BCUT2D eigenvalue weighted by atomic mass is 127. The molecule has 3 N–H and O–H groups in total. The van der Waals surface area contributed by atoms with Crippen molar-refractivity contribution in [1.82, 2.24) is 16.0 Å². The molecule has 6 heteroatoms. The number of nitrogens with one attached hydrogen (secondary N) is 3. The highest BCUT2D eigenvalue weighted by molar-refractivity contribution is 14.0. The molecular weight excluding hydrogens is 487 g/mol. The van der Waals surface area contributed by atoms with Gasteiger partial charge in [0.15, 0.2) is 5.96 Å². The molecule has 1 aliphatic carbocycles. The lowest BCUT2D eigenvalue weighted by Crippen LogP contribution is -2.40. The Morgan fingerprint density at radius 3 is 2.33 bits per heavy atom. The van der Waals surface area contributed by atoms with Crippen LogP contribution in [-0.2, 0) is 11.2 Å². The van der Waals surface area contributed by atoms with Crippen LogP contribution in [0.3, 0.4) is 0 Å². The molecule has 162 valence electrons. The van der Waals surface area contributed by atoms with E-state index >= 15 is 0 Å². The molecule has 3 rings (SSSR count). The van der Waals surface area contributed by atoms with Gasteiger partial charge in [0.1, 0.15) is 0 Å². The number of carbonyl (C=O) groups is 1. The second-order valence-corrected chi connectivity index (χ2v) is 7.62. The molecule has 30 heavy (non-hydrogen) atoms. The molecule has 1 amide bonds. The average molecular weight is 520 g/mol. The lowest BCUT2D eigenvalue weighted by Gasteiger charge is -2.20. The molecule has 1 unspecified atom stereocenters. The Morgan fingerprint density at radius 2 is 1.70 bits per heavy atom. The quantitative estimate of drug-likeness (QED) is 0.193. The number of nitrogens with zero attached hydrogens (tertiary/aromatic N) is 1. The van der Waals surface area contributed by atoms with Crippen LogP contribution in [0.15, 0.2) is 65.7 Å². The predicted octanol–water partition coefficient (Wildman–Crippen LogP) is 3.85. The van der Waals surface area contributed by atoms with Crippen LogP contribution in [0.1, 0.15) is 42.7 Å². The monoisotopic (exact) mass is 520 g/mol. The van der Waals surface area contributed by atoms with Crippen molar-refractivity contribution in [3.63, 3.8) is 0 Å². The van der Waals surface area contributed by atoms with E-state index in [-0.39, 0.29) is 29.9 Å². The summed E-state index contributed by atoms with van der Waals surface area (Å²) in [5.74, 6) is 1.28. The van der Waals surface area contributed by atoms with Crippen molar-refractivity contribution < 1.29 is 4.79 Å². The minimum atomic E-state index is 0. The van der Waals surface area contributed by atoms with Gasteiger partial charge in [0.05, 0.1) is 0 Å². The summed E-state index contributed by atoms with van der Waals surface area (Å²) in [5, 5.41) is 9.81. The van der Waals surface area contributed by atoms with Crippen molar-refractivity contribution in [3.05, 3.63) is 71.8 Å². The number of hydrogen-bond donors (Lipinski definition) is 3.